The third kappa shape index (κ3) is 6.40. The molecular weight excluding hydrogens is 250 g/mol. The molecule has 2 amide bonds. The van der Waals surface area contributed by atoms with Gasteiger partial charge in [0.15, 0.2) is 0 Å². The fraction of sp³-hybridized carbons (Fsp3) is 0.833. The molecule has 1 heterocycles. The Bertz CT molecular complexity index is 303. The van der Waals surface area contributed by atoms with Crippen molar-refractivity contribution in [3.8, 4) is 0 Å². The maximum absolute atomic E-state index is 11.7. The summed E-state index contributed by atoms with van der Waals surface area (Å²) in [5.74, 6) is -0.940. The number of carboxylic acids is 1. The number of nitrogens with zero attached hydrogens (tertiary/aromatic N) is 1. The first-order valence-electron chi connectivity index (χ1n) is 6.48. The summed E-state index contributed by atoms with van der Waals surface area (Å²) in [6.07, 6.45) is 1.26. The Balaban J connectivity index is 2.21. The summed E-state index contributed by atoms with van der Waals surface area (Å²) < 4.78 is 4.99. The Hall–Kier alpha value is -1.34. The Morgan fingerprint density at radius 3 is 2.58 bits per heavy atom. The molecule has 0 saturated carbocycles. The SMILES string of the molecule is COC(CNC(=O)NC1CCN(C)CC1)CC(=O)O. The average molecular weight is 273 g/mol. The predicted molar refractivity (Wildman–Crippen MR) is 70.1 cm³/mol. The van der Waals surface area contributed by atoms with E-state index in [4.69, 9.17) is 9.84 Å². The van der Waals surface area contributed by atoms with Gasteiger partial charge in [-0.3, -0.25) is 4.79 Å². The molecule has 0 radical (unpaired) electrons. The van der Waals surface area contributed by atoms with E-state index < -0.39 is 12.1 Å². The third-order valence-corrected chi connectivity index (χ3v) is 3.28. The van der Waals surface area contributed by atoms with Crippen LogP contribution in [0, 0.1) is 0 Å². The highest BCUT2D eigenvalue weighted by atomic mass is 16.5. The van der Waals surface area contributed by atoms with Gasteiger partial charge in [0, 0.05) is 19.7 Å². The second kappa shape index (κ2) is 7.96. The van der Waals surface area contributed by atoms with Gasteiger partial charge in [-0.2, -0.15) is 0 Å². The number of amides is 2. The summed E-state index contributed by atoms with van der Waals surface area (Å²) in [4.78, 5) is 24.4. The fourth-order valence-electron chi connectivity index (χ4n) is 2.03. The number of likely N-dealkylation sites (tertiary alicyclic amines) is 1. The van der Waals surface area contributed by atoms with E-state index in [0.717, 1.165) is 25.9 Å². The minimum absolute atomic E-state index is 0.120. The number of methoxy groups -OCH3 is 1. The second-order valence-corrected chi connectivity index (χ2v) is 4.89. The van der Waals surface area contributed by atoms with E-state index in [9.17, 15) is 9.59 Å². The van der Waals surface area contributed by atoms with Crippen LogP contribution >= 0.6 is 0 Å². The van der Waals surface area contributed by atoms with Gasteiger partial charge in [0.05, 0.1) is 12.5 Å². The molecule has 0 spiro atoms. The first kappa shape index (κ1) is 15.7. The molecule has 1 fully saturated rings. The molecule has 7 heteroatoms. The first-order valence-corrected chi connectivity index (χ1v) is 6.48. The molecule has 19 heavy (non-hydrogen) atoms. The van der Waals surface area contributed by atoms with Gasteiger partial charge in [-0.15, -0.1) is 0 Å². The maximum Gasteiger partial charge on any atom is 0.315 e. The van der Waals surface area contributed by atoms with Crippen LogP contribution in [-0.2, 0) is 9.53 Å². The molecular formula is C12H23N3O4. The highest BCUT2D eigenvalue weighted by molar-refractivity contribution is 5.74. The molecule has 110 valence electrons. The molecule has 1 rings (SSSR count). The van der Waals surface area contributed by atoms with Crippen molar-refractivity contribution in [2.45, 2.75) is 31.4 Å². The molecule has 0 aromatic rings. The lowest BCUT2D eigenvalue weighted by molar-refractivity contribution is -0.139. The molecule has 1 aliphatic heterocycles. The van der Waals surface area contributed by atoms with E-state index in [1.165, 1.54) is 7.11 Å². The number of hydrogen-bond donors (Lipinski definition) is 3. The van der Waals surface area contributed by atoms with Gasteiger partial charge in [-0.25, -0.2) is 4.79 Å². The number of carboxylic acid groups (broad SMARTS) is 1. The standard InChI is InChI=1S/C12H23N3O4/c1-15-5-3-9(4-6-15)14-12(18)13-8-10(19-2)7-11(16)17/h9-10H,3-8H2,1-2H3,(H,16,17)(H2,13,14,18). The minimum atomic E-state index is -0.940. The van der Waals surface area contributed by atoms with Gasteiger partial charge in [0.2, 0.25) is 0 Å². The van der Waals surface area contributed by atoms with Crippen molar-refractivity contribution in [1.29, 1.82) is 0 Å². The molecule has 7 nitrogen and oxygen atoms in total. The number of nitrogens with one attached hydrogen (secondary N) is 2. The van der Waals surface area contributed by atoms with Gasteiger partial charge in [-0.1, -0.05) is 0 Å². The first-order chi connectivity index (χ1) is 9.01. The van der Waals surface area contributed by atoms with Crippen LogP contribution in [0.4, 0.5) is 4.79 Å². The van der Waals surface area contributed by atoms with Crippen LogP contribution in [0.1, 0.15) is 19.3 Å². The second-order valence-electron chi connectivity index (χ2n) is 4.89. The van der Waals surface area contributed by atoms with E-state index >= 15 is 0 Å². The van der Waals surface area contributed by atoms with Gasteiger partial charge in [0.25, 0.3) is 0 Å². The zero-order valence-corrected chi connectivity index (χ0v) is 11.5. The Kier molecular flexibility index (Phi) is 6.58. The lowest BCUT2D eigenvalue weighted by atomic mass is 10.1. The van der Waals surface area contributed by atoms with E-state index in [-0.39, 0.29) is 25.0 Å². The van der Waals surface area contributed by atoms with Gasteiger partial charge in [0.1, 0.15) is 0 Å². The molecule has 0 bridgehead atoms. The lowest BCUT2D eigenvalue weighted by Gasteiger charge is -2.29. The zero-order valence-electron chi connectivity index (χ0n) is 11.5. The maximum atomic E-state index is 11.7. The largest absolute Gasteiger partial charge is 0.481 e. The van der Waals surface area contributed by atoms with Crippen molar-refractivity contribution in [2.75, 3.05) is 33.8 Å². The van der Waals surface area contributed by atoms with Gasteiger partial charge in [-0.05, 0) is 33.0 Å². The number of hydrogen-bond acceptors (Lipinski definition) is 4. The van der Waals surface area contributed by atoms with Crippen molar-refractivity contribution < 1.29 is 19.4 Å². The molecule has 1 unspecified atom stereocenters. The number of aliphatic carboxylic acids is 1. The predicted octanol–water partition coefficient (Wildman–Crippen LogP) is -0.130. The number of urea groups is 1. The van der Waals surface area contributed by atoms with Crippen molar-refractivity contribution >= 4 is 12.0 Å². The summed E-state index contributed by atoms with van der Waals surface area (Å²) >= 11 is 0. The van der Waals surface area contributed by atoms with E-state index in [1.54, 1.807) is 0 Å². The minimum Gasteiger partial charge on any atom is -0.481 e. The number of ether oxygens (including phenoxy) is 1. The van der Waals surface area contributed by atoms with Crippen LogP contribution in [0.15, 0.2) is 0 Å². The average Bonchev–Trinajstić information content (AvgIpc) is 2.37. The van der Waals surface area contributed by atoms with Gasteiger partial charge < -0.3 is 25.4 Å². The highest BCUT2D eigenvalue weighted by Gasteiger charge is 2.19. The summed E-state index contributed by atoms with van der Waals surface area (Å²) in [6.45, 7) is 2.15. The molecule has 1 atom stereocenters. The van der Waals surface area contributed by atoms with Gasteiger partial charge >= 0.3 is 12.0 Å². The molecule has 0 aromatic heterocycles. The Morgan fingerprint density at radius 2 is 2.05 bits per heavy atom. The number of rotatable bonds is 6. The smallest absolute Gasteiger partial charge is 0.315 e. The fourth-order valence-corrected chi connectivity index (χ4v) is 2.03. The van der Waals surface area contributed by atoms with Crippen LogP contribution < -0.4 is 10.6 Å². The summed E-state index contributed by atoms with van der Waals surface area (Å²) in [7, 11) is 3.50. The monoisotopic (exact) mass is 273 g/mol. The van der Waals surface area contributed by atoms with Crippen molar-refractivity contribution in [3.63, 3.8) is 0 Å². The van der Waals surface area contributed by atoms with Crippen molar-refractivity contribution in [3.05, 3.63) is 0 Å². The summed E-state index contributed by atoms with van der Waals surface area (Å²) in [6, 6.07) is -0.0707. The Morgan fingerprint density at radius 1 is 1.42 bits per heavy atom. The van der Waals surface area contributed by atoms with Crippen molar-refractivity contribution in [1.82, 2.24) is 15.5 Å². The van der Waals surface area contributed by atoms with Crippen LogP contribution in [0.3, 0.4) is 0 Å². The lowest BCUT2D eigenvalue weighted by Crippen LogP contribution is -2.48. The Labute approximate surface area is 113 Å². The molecule has 0 aliphatic carbocycles. The normalized spacial score (nSPS) is 18.8. The topological polar surface area (TPSA) is 90.9 Å². The van der Waals surface area contributed by atoms with Crippen LogP contribution in [-0.4, -0.2) is 67.9 Å². The third-order valence-electron chi connectivity index (χ3n) is 3.28. The van der Waals surface area contributed by atoms with E-state index in [0.29, 0.717) is 0 Å². The number of carbonyl (C=O) groups excluding carboxylic acids is 1. The van der Waals surface area contributed by atoms with Crippen LogP contribution in [0.2, 0.25) is 0 Å². The molecule has 1 aliphatic rings. The zero-order chi connectivity index (χ0) is 14.3. The summed E-state index contributed by atoms with van der Waals surface area (Å²) in [5, 5.41) is 14.2. The molecule has 3 N–H and O–H groups in total. The van der Waals surface area contributed by atoms with E-state index in [1.807, 2.05) is 0 Å². The quantitative estimate of drug-likeness (QED) is 0.627. The number of piperidine rings is 1. The highest BCUT2D eigenvalue weighted by Crippen LogP contribution is 2.07. The summed E-state index contributed by atoms with van der Waals surface area (Å²) in [5.41, 5.74) is 0. The molecule has 1 saturated heterocycles. The van der Waals surface area contributed by atoms with E-state index in [2.05, 4.69) is 22.6 Å². The molecule has 0 aromatic carbocycles. The van der Waals surface area contributed by atoms with Crippen molar-refractivity contribution in [2.24, 2.45) is 0 Å². The van der Waals surface area contributed by atoms with Crippen LogP contribution in [0.5, 0.6) is 0 Å². The van der Waals surface area contributed by atoms with Crippen LogP contribution in [0.25, 0.3) is 0 Å². The number of carbonyl (C=O) groups is 2.